The fourth-order valence-electron chi connectivity index (χ4n) is 2.44. The number of benzene rings is 1. The van der Waals surface area contributed by atoms with E-state index in [1.165, 1.54) is 0 Å². The average Bonchev–Trinajstić information content (AvgIpc) is 2.39. The monoisotopic (exact) mass is 306 g/mol. The molecule has 2 amide bonds. The normalized spacial score (nSPS) is 19.1. The molecule has 0 aromatic heterocycles. The largest absolute Gasteiger partial charge is 0.506 e. The fraction of sp³-hybridized carbons (Fsp3) is 0.500. The Labute approximate surface area is 129 Å². The molecule has 1 fully saturated rings. The Bertz CT molecular complexity index is 592. The van der Waals surface area contributed by atoms with Crippen molar-refractivity contribution in [2.75, 3.05) is 12.3 Å². The third-order valence-corrected chi connectivity index (χ3v) is 3.56. The molecule has 1 aromatic rings. The molecular formula is C16H22N2O4. The van der Waals surface area contributed by atoms with E-state index in [1.807, 2.05) is 0 Å². The van der Waals surface area contributed by atoms with Crippen molar-refractivity contribution in [1.82, 2.24) is 4.90 Å². The average molecular weight is 306 g/mol. The first kappa shape index (κ1) is 16.1. The number of hydrogen-bond donors (Lipinski definition) is 2. The van der Waals surface area contributed by atoms with Crippen LogP contribution in [0.3, 0.4) is 0 Å². The van der Waals surface area contributed by atoms with Crippen molar-refractivity contribution in [2.45, 2.75) is 45.1 Å². The number of hydrogen-bond acceptors (Lipinski definition) is 5. The Kier molecular flexibility index (Phi) is 4.30. The van der Waals surface area contributed by atoms with Gasteiger partial charge in [-0.25, -0.2) is 9.69 Å². The minimum atomic E-state index is -0.628. The molecule has 1 unspecified atom stereocenters. The zero-order valence-corrected chi connectivity index (χ0v) is 13.1. The number of imide groups is 1. The van der Waals surface area contributed by atoms with Gasteiger partial charge in [-0.05, 0) is 50.8 Å². The highest BCUT2D eigenvalue weighted by atomic mass is 16.6. The highest BCUT2D eigenvalue weighted by Gasteiger charge is 2.33. The lowest BCUT2D eigenvalue weighted by Gasteiger charge is -2.32. The van der Waals surface area contributed by atoms with Crippen molar-refractivity contribution in [3.63, 3.8) is 0 Å². The summed E-state index contributed by atoms with van der Waals surface area (Å²) in [6.45, 7) is 5.60. The van der Waals surface area contributed by atoms with E-state index in [0.717, 1.165) is 10.5 Å². The van der Waals surface area contributed by atoms with Crippen molar-refractivity contribution < 1.29 is 19.4 Å². The van der Waals surface area contributed by atoms with Gasteiger partial charge in [0, 0.05) is 13.0 Å². The maximum atomic E-state index is 12.2. The molecule has 1 heterocycles. The van der Waals surface area contributed by atoms with Gasteiger partial charge in [0.25, 0.3) is 0 Å². The highest BCUT2D eigenvalue weighted by molar-refractivity contribution is 5.93. The molecule has 0 spiro atoms. The van der Waals surface area contributed by atoms with E-state index in [0.29, 0.717) is 18.7 Å². The molecule has 0 bridgehead atoms. The van der Waals surface area contributed by atoms with Crippen molar-refractivity contribution in [3.8, 4) is 5.75 Å². The van der Waals surface area contributed by atoms with Crippen LogP contribution in [0.4, 0.5) is 10.5 Å². The molecule has 2 rings (SSSR count). The van der Waals surface area contributed by atoms with E-state index >= 15 is 0 Å². The number of carbonyl (C=O) groups is 2. The molecule has 22 heavy (non-hydrogen) atoms. The van der Waals surface area contributed by atoms with Crippen LogP contribution in [0.15, 0.2) is 18.2 Å². The SMILES string of the molecule is CC(C)(C)OC(=O)N1CCC(c2ccc(N)c(O)c2)CC1=O. The van der Waals surface area contributed by atoms with E-state index < -0.39 is 11.7 Å². The highest BCUT2D eigenvalue weighted by Crippen LogP contribution is 2.33. The number of likely N-dealkylation sites (tertiary alicyclic amines) is 1. The molecule has 1 aliphatic rings. The molecule has 0 radical (unpaired) electrons. The molecule has 0 saturated carbocycles. The number of aromatic hydroxyl groups is 1. The summed E-state index contributed by atoms with van der Waals surface area (Å²) in [5.41, 5.74) is 6.11. The quantitative estimate of drug-likeness (QED) is 0.614. The second-order valence-corrected chi connectivity index (χ2v) is 6.53. The third-order valence-electron chi connectivity index (χ3n) is 3.56. The number of phenols is 1. The summed E-state index contributed by atoms with van der Waals surface area (Å²) in [6, 6.07) is 5.00. The number of piperidine rings is 1. The lowest BCUT2D eigenvalue weighted by molar-refractivity contribution is -0.132. The number of amides is 2. The zero-order valence-electron chi connectivity index (χ0n) is 13.1. The molecule has 120 valence electrons. The molecule has 1 aromatic carbocycles. The number of nitrogen functional groups attached to an aromatic ring is 1. The van der Waals surface area contributed by atoms with Gasteiger partial charge in [0.2, 0.25) is 5.91 Å². The molecular weight excluding hydrogens is 284 g/mol. The van der Waals surface area contributed by atoms with Gasteiger partial charge in [0.05, 0.1) is 5.69 Å². The van der Waals surface area contributed by atoms with Gasteiger partial charge < -0.3 is 15.6 Å². The maximum Gasteiger partial charge on any atom is 0.417 e. The minimum Gasteiger partial charge on any atom is -0.506 e. The number of rotatable bonds is 1. The fourth-order valence-corrected chi connectivity index (χ4v) is 2.44. The first-order valence-electron chi connectivity index (χ1n) is 7.29. The van der Waals surface area contributed by atoms with E-state index in [4.69, 9.17) is 10.5 Å². The summed E-state index contributed by atoms with van der Waals surface area (Å²) in [5.74, 6) is -0.279. The number of phenolic OH excluding ortho intramolecular Hbond substituents is 1. The molecule has 3 N–H and O–H groups in total. The summed E-state index contributed by atoms with van der Waals surface area (Å²) in [6.07, 6.45) is 0.243. The lowest BCUT2D eigenvalue weighted by atomic mass is 9.89. The van der Waals surface area contributed by atoms with Crippen molar-refractivity contribution in [1.29, 1.82) is 0 Å². The predicted octanol–water partition coefficient (Wildman–Crippen LogP) is 2.62. The number of nitrogens with zero attached hydrogens (tertiary/aromatic N) is 1. The summed E-state index contributed by atoms with van der Waals surface area (Å²) in [5, 5.41) is 9.67. The molecule has 6 nitrogen and oxygen atoms in total. The predicted molar refractivity (Wildman–Crippen MR) is 82.4 cm³/mol. The topological polar surface area (TPSA) is 92.9 Å². The van der Waals surface area contributed by atoms with E-state index in [1.54, 1.807) is 39.0 Å². The van der Waals surface area contributed by atoms with E-state index in [-0.39, 0.29) is 24.0 Å². The Hall–Kier alpha value is -2.24. The van der Waals surface area contributed by atoms with Crippen molar-refractivity contribution in [3.05, 3.63) is 23.8 Å². The van der Waals surface area contributed by atoms with E-state index in [2.05, 4.69) is 0 Å². The summed E-state index contributed by atoms with van der Waals surface area (Å²) in [7, 11) is 0. The smallest absolute Gasteiger partial charge is 0.417 e. The Morgan fingerprint density at radius 3 is 2.64 bits per heavy atom. The van der Waals surface area contributed by atoms with Crippen molar-refractivity contribution >= 4 is 17.7 Å². The van der Waals surface area contributed by atoms with Crippen LogP contribution in [0.5, 0.6) is 5.75 Å². The Balaban J connectivity index is 2.05. The van der Waals surface area contributed by atoms with Crippen LogP contribution < -0.4 is 5.73 Å². The van der Waals surface area contributed by atoms with Crippen LogP contribution >= 0.6 is 0 Å². The standard InChI is InChI=1S/C16H22N2O4/c1-16(2,3)22-15(21)18-7-6-11(9-14(18)20)10-4-5-12(17)13(19)8-10/h4-5,8,11,19H,6-7,9,17H2,1-3H3. The van der Waals surface area contributed by atoms with Gasteiger partial charge in [0.15, 0.2) is 0 Å². The maximum absolute atomic E-state index is 12.2. The summed E-state index contributed by atoms with van der Waals surface area (Å²) >= 11 is 0. The van der Waals surface area contributed by atoms with Gasteiger partial charge in [0.1, 0.15) is 11.4 Å². The second kappa shape index (κ2) is 5.87. The summed E-state index contributed by atoms with van der Waals surface area (Å²) < 4.78 is 5.23. The third kappa shape index (κ3) is 3.69. The van der Waals surface area contributed by atoms with Gasteiger partial charge in [-0.15, -0.1) is 0 Å². The molecule has 1 atom stereocenters. The van der Waals surface area contributed by atoms with Crippen LogP contribution in [0.2, 0.25) is 0 Å². The van der Waals surface area contributed by atoms with Gasteiger partial charge in [-0.2, -0.15) is 0 Å². The minimum absolute atomic E-state index is 0.0134. The van der Waals surface area contributed by atoms with Crippen LogP contribution in [0, 0.1) is 0 Å². The molecule has 0 aliphatic carbocycles. The van der Waals surface area contributed by atoms with Crippen LogP contribution in [0.1, 0.15) is 45.1 Å². The first-order valence-corrected chi connectivity index (χ1v) is 7.29. The Morgan fingerprint density at radius 2 is 2.09 bits per heavy atom. The number of carbonyl (C=O) groups excluding carboxylic acids is 2. The first-order chi connectivity index (χ1) is 10.2. The van der Waals surface area contributed by atoms with Gasteiger partial charge in [-0.1, -0.05) is 6.07 Å². The van der Waals surface area contributed by atoms with Gasteiger partial charge in [-0.3, -0.25) is 4.79 Å². The van der Waals surface area contributed by atoms with Crippen LogP contribution in [-0.4, -0.2) is 34.2 Å². The lowest BCUT2D eigenvalue weighted by Crippen LogP contribution is -2.44. The van der Waals surface area contributed by atoms with Crippen LogP contribution in [-0.2, 0) is 9.53 Å². The van der Waals surface area contributed by atoms with Crippen molar-refractivity contribution in [2.24, 2.45) is 0 Å². The number of anilines is 1. The molecule has 1 aliphatic heterocycles. The Morgan fingerprint density at radius 1 is 1.41 bits per heavy atom. The summed E-state index contributed by atoms with van der Waals surface area (Å²) in [4.78, 5) is 25.3. The van der Waals surface area contributed by atoms with E-state index in [9.17, 15) is 14.7 Å². The zero-order chi connectivity index (χ0) is 16.5. The second-order valence-electron chi connectivity index (χ2n) is 6.53. The molecule has 1 saturated heterocycles. The number of nitrogens with two attached hydrogens (primary N) is 1. The molecule has 6 heteroatoms. The van der Waals surface area contributed by atoms with Crippen LogP contribution in [0.25, 0.3) is 0 Å². The number of ether oxygens (including phenoxy) is 1. The van der Waals surface area contributed by atoms with Gasteiger partial charge >= 0.3 is 6.09 Å².